The van der Waals surface area contributed by atoms with Gasteiger partial charge in [0.1, 0.15) is 0 Å². The third-order valence-electron chi connectivity index (χ3n) is 3.51. The molecule has 3 rings (SSSR count). The molecule has 21 heavy (non-hydrogen) atoms. The van der Waals surface area contributed by atoms with Crippen molar-refractivity contribution >= 4 is 16.3 Å². The number of benzene rings is 2. The number of aliphatic hydroxyl groups is 1. The maximum Gasteiger partial charge on any atom is 2.00 e. The Labute approximate surface area is 152 Å². The number of aliphatic hydroxyl groups excluding tert-OH is 1. The van der Waals surface area contributed by atoms with Gasteiger partial charge in [0.05, 0.1) is 6.10 Å². The van der Waals surface area contributed by atoms with Gasteiger partial charge in [0.25, 0.3) is 0 Å². The van der Waals surface area contributed by atoms with E-state index in [1.54, 1.807) is 0 Å². The predicted molar refractivity (Wildman–Crippen MR) is 76.3 cm³/mol. The monoisotopic (exact) mass is 354 g/mol. The molecule has 2 aromatic rings. The third-order valence-corrected chi connectivity index (χ3v) is 3.51. The van der Waals surface area contributed by atoms with E-state index >= 15 is 0 Å². The van der Waals surface area contributed by atoms with Gasteiger partial charge in [0.2, 0.25) is 0 Å². The van der Waals surface area contributed by atoms with Crippen molar-refractivity contribution in [3.05, 3.63) is 65.8 Å². The summed E-state index contributed by atoms with van der Waals surface area (Å²) in [5.41, 5.74) is 3.51. The molecule has 0 aliphatic heterocycles. The second-order valence-corrected chi connectivity index (χ2v) is 4.75. The zero-order valence-corrected chi connectivity index (χ0v) is 14.8. The van der Waals surface area contributed by atoms with Crippen LogP contribution in [0.25, 0.3) is 16.3 Å². The molecule has 1 aliphatic rings. The Balaban J connectivity index is 0.00000133. The first-order valence-electron chi connectivity index (χ1n) is 6.33. The minimum atomic E-state index is -0.451. The SMILES string of the molecule is CC(O)c1c(C2=CC=CC2)ccc2ccccc12.[Cl-].[Cl-].[Ti+2]. The Morgan fingerprint density at radius 2 is 1.76 bits per heavy atom. The largest absolute Gasteiger partial charge is 2.00 e. The van der Waals surface area contributed by atoms with Crippen molar-refractivity contribution in [3.8, 4) is 0 Å². The van der Waals surface area contributed by atoms with E-state index in [1.165, 1.54) is 16.5 Å². The van der Waals surface area contributed by atoms with E-state index in [9.17, 15) is 5.11 Å². The fraction of sp³-hybridized carbons (Fsp3) is 0.176. The molecule has 4 heteroatoms. The normalized spacial score (nSPS) is 13.7. The van der Waals surface area contributed by atoms with Gasteiger partial charge >= 0.3 is 21.7 Å². The molecule has 1 nitrogen and oxygen atoms in total. The van der Waals surface area contributed by atoms with Gasteiger partial charge in [-0.05, 0) is 40.8 Å². The summed E-state index contributed by atoms with van der Waals surface area (Å²) in [6.07, 6.45) is 6.87. The summed E-state index contributed by atoms with van der Waals surface area (Å²) in [5.74, 6) is 0. The van der Waals surface area contributed by atoms with Crippen LogP contribution in [0.15, 0.2) is 54.6 Å². The van der Waals surface area contributed by atoms with Gasteiger partial charge in [-0.1, -0.05) is 54.6 Å². The molecule has 0 heterocycles. The van der Waals surface area contributed by atoms with Gasteiger partial charge in [0, 0.05) is 0 Å². The Morgan fingerprint density at radius 1 is 1.05 bits per heavy atom. The minimum absolute atomic E-state index is 0. The summed E-state index contributed by atoms with van der Waals surface area (Å²) in [7, 11) is 0. The molecule has 0 fully saturated rings. The first kappa shape index (κ1) is 20.4. The van der Waals surface area contributed by atoms with Gasteiger partial charge in [-0.15, -0.1) is 0 Å². The van der Waals surface area contributed by atoms with E-state index < -0.39 is 6.10 Å². The molecule has 0 amide bonds. The molecule has 2 aromatic carbocycles. The standard InChI is InChI=1S/C17H16O.2ClH.Ti/c1-12(18)17-15-9-5-4-8-14(15)10-11-16(17)13-6-2-3-7-13;;;/h2-6,8-12,18H,7H2,1H3;2*1H;/q;;;+2/p-2. The first-order chi connectivity index (χ1) is 8.77. The van der Waals surface area contributed by atoms with Crippen LogP contribution < -0.4 is 24.8 Å². The molecule has 0 spiro atoms. The number of hydrogen-bond donors (Lipinski definition) is 1. The van der Waals surface area contributed by atoms with Crippen molar-refractivity contribution < 1.29 is 51.6 Å². The Bertz CT molecular complexity index is 663. The number of allylic oxidation sites excluding steroid dienone is 4. The number of rotatable bonds is 2. The molecule has 1 N–H and O–H groups in total. The second-order valence-electron chi connectivity index (χ2n) is 4.75. The Morgan fingerprint density at radius 3 is 2.38 bits per heavy atom. The quantitative estimate of drug-likeness (QED) is 0.634. The Hall–Kier alpha value is -0.566. The fourth-order valence-electron chi connectivity index (χ4n) is 2.67. The summed E-state index contributed by atoms with van der Waals surface area (Å²) in [6.45, 7) is 1.84. The van der Waals surface area contributed by atoms with Gasteiger partial charge in [-0.3, -0.25) is 0 Å². The number of hydrogen-bond acceptors (Lipinski definition) is 1. The third kappa shape index (κ3) is 4.00. The average molecular weight is 355 g/mol. The van der Waals surface area contributed by atoms with Gasteiger partial charge in [0.15, 0.2) is 0 Å². The zero-order valence-electron chi connectivity index (χ0n) is 11.7. The van der Waals surface area contributed by atoms with E-state index in [0.717, 1.165) is 17.4 Å². The minimum Gasteiger partial charge on any atom is -1.00 e. The van der Waals surface area contributed by atoms with Crippen LogP contribution in [0, 0.1) is 0 Å². The molecule has 0 saturated heterocycles. The van der Waals surface area contributed by atoms with Crippen LogP contribution in [-0.4, -0.2) is 5.11 Å². The molecule has 108 valence electrons. The molecule has 1 aliphatic carbocycles. The van der Waals surface area contributed by atoms with Crippen molar-refractivity contribution in [2.24, 2.45) is 0 Å². The Kier molecular flexibility index (Phi) is 8.54. The molecular weight excluding hydrogens is 339 g/mol. The number of halogens is 2. The number of fused-ring (bicyclic) bond motifs is 1. The van der Waals surface area contributed by atoms with Crippen molar-refractivity contribution in [2.45, 2.75) is 19.4 Å². The molecule has 0 saturated carbocycles. The summed E-state index contributed by atoms with van der Waals surface area (Å²) in [4.78, 5) is 0. The van der Waals surface area contributed by atoms with Crippen LogP contribution in [-0.2, 0) is 21.7 Å². The molecule has 0 bridgehead atoms. The van der Waals surface area contributed by atoms with Crippen molar-refractivity contribution in [1.29, 1.82) is 0 Å². The van der Waals surface area contributed by atoms with Crippen LogP contribution in [0.4, 0.5) is 0 Å². The van der Waals surface area contributed by atoms with Crippen LogP contribution in [0.5, 0.6) is 0 Å². The molecular formula is C17H16Cl2OTi. The van der Waals surface area contributed by atoms with E-state index in [4.69, 9.17) is 0 Å². The van der Waals surface area contributed by atoms with E-state index in [2.05, 4.69) is 42.5 Å². The molecule has 1 unspecified atom stereocenters. The van der Waals surface area contributed by atoms with Gasteiger partial charge in [-0.25, -0.2) is 0 Å². The van der Waals surface area contributed by atoms with Crippen molar-refractivity contribution in [2.75, 3.05) is 0 Å². The fourth-order valence-corrected chi connectivity index (χ4v) is 2.67. The second kappa shape index (κ2) is 8.77. The van der Waals surface area contributed by atoms with E-state index in [1.807, 2.05) is 19.1 Å². The summed E-state index contributed by atoms with van der Waals surface area (Å²) in [6, 6.07) is 12.5. The molecule has 0 radical (unpaired) electrons. The summed E-state index contributed by atoms with van der Waals surface area (Å²) in [5, 5.41) is 12.4. The molecule has 1 atom stereocenters. The van der Waals surface area contributed by atoms with Crippen molar-refractivity contribution in [1.82, 2.24) is 0 Å². The maximum absolute atomic E-state index is 10.1. The van der Waals surface area contributed by atoms with Crippen LogP contribution >= 0.6 is 0 Å². The average Bonchev–Trinajstić information content (AvgIpc) is 2.90. The van der Waals surface area contributed by atoms with E-state index in [-0.39, 0.29) is 46.5 Å². The summed E-state index contributed by atoms with van der Waals surface area (Å²) < 4.78 is 0. The van der Waals surface area contributed by atoms with Crippen LogP contribution in [0.2, 0.25) is 0 Å². The summed E-state index contributed by atoms with van der Waals surface area (Å²) >= 11 is 0. The van der Waals surface area contributed by atoms with E-state index in [0.29, 0.717) is 0 Å². The topological polar surface area (TPSA) is 20.2 Å². The zero-order chi connectivity index (χ0) is 12.5. The van der Waals surface area contributed by atoms with Gasteiger partial charge in [-0.2, -0.15) is 0 Å². The van der Waals surface area contributed by atoms with Gasteiger partial charge < -0.3 is 29.9 Å². The van der Waals surface area contributed by atoms with Crippen molar-refractivity contribution in [3.63, 3.8) is 0 Å². The van der Waals surface area contributed by atoms with Crippen LogP contribution in [0.3, 0.4) is 0 Å². The van der Waals surface area contributed by atoms with Crippen LogP contribution in [0.1, 0.15) is 30.6 Å². The maximum atomic E-state index is 10.1. The predicted octanol–water partition coefficient (Wildman–Crippen LogP) is -1.76. The molecule has 0 aromatic heterocycles. The first-order valence-corrected chi connectivity index (χ1v) is 6.33. The smallest absolute Gasteiger partial charge is 1.00 e.